The monoisotopic (exact) mass is 379 g/mol. The van der Waals surface area contributed by atoms with Crippen LogP contribution in [0.3, 0.4) is 0 Å². The third-order valence-corrected chi connectivity index (χ3v) is 4.49. The number of rotatable bonds is 4. The summed E-state index contributed by atoms with van der Waals surface area (Å²) >= 11 is 0. The van der Waals surface area contributed by atoms with Crippen molar-refractivity contribution in [2.45, 2.75) is 13.1 Å². The molecule has 0 atom stereocenters. The van der Waals surface area contributed by atoms with Gasteiger partial charge in [-0.2, -0.15) is 0 Å². The van der Waals surface area contributed by atoms with E-state index in [1.807, 2.05) is 0 Å². The predicted octanol–water partition coefficient (Wildman–Crippen LogP) is 2.93. The maximum absolute atomic E-state index is 13.2. The van der Waals surface area contributed by atoms with Crippen molar-refractivity contribution in [1.29, 1.82) is 0 Å². The highest BCUT2D eigenvalue weighted by Crippen LogP contribution is 2.10. The number of hydrogen-bond donors (Lipinski definition) is 0. The Kier molecular flexibility index (Phi) is 4.57. The van der Waals surface area contributed by atoms with E-state index in [1.165, 1.54) is 47.2 Å². The second-order valence-electron chi connectivity index (χ2n) is 6.38. The molecule has 0 aliphatic carbocycles. The topological polar surface area (TPSA) is 56.9 Å². The molecule has 0 fully saturated rings. The summed E-state index contributed by atoms with van der Waals surface area (Å²) in [6, 6.07) is 14.7. The van der Waals surface area contributed by atoms with Crippen molar-refractivity contribution in [2.24, 2.45) is 0 Å². The maximum Gasteiger partial charge on any atom is 0.332 e. The van der Waals surface area contributed by atoms with Crippen LogP contribution in [0.2, 0.25) is 0 Å². The Morgan fingerprint density at radius 3 is 1.86 bits per heavy atom. The molecule has 4 rings (SSSR count). The number of aromatic nitrogens is 3. The van der Waals surface area contributed by atoms with Crippen LogP contribution < -0.4 is 11.2 Å². The van der Waals surface area contributed by atoms with E-state index in [0.29, 0.717) is 16.6 Å². The highest BCUT2D eigenvalue weighted by atomic mass is 19.1. The van der Waals surface area contributed by atoms with E-state index in [9.17, 15) is 18.4 Å². The standard InChI is InChI=1S/C21H15F2N3O2/c22-16-7-3-14(4-8-16)12-25-18-2-1-11-24-19(18)20(27)26(21(25)28)13-15-5-9-17(23)10-6-15/h1-11H,12-13H2. The van der Waals surface area contributed by atoms with Gasteiger partial charge in [0.25, 0.3) is 5.56 Å². The Morgan fingerprint density at radius 2 is 1.29 bits per heavy atom. The molecule has 0 saturated heterocycles. The summed E-state index contributed by atoms with van der Waals surface area (Å²) < 4.78 is 28.9. The average Bonchev–Trinajstić information content (AvgIpc) is 2.71. The zero-order chi connectivity index (χ0) is 19.7. The van der Waals surface area contributed by atoms with Gasteiger partial charge in [0.2, 0.25) is 0 Å². The summed E-state index contributed by atoms with van der Waals surface area (Å²) in [6.45, 7) is 0.152. The Labute approximate surface area is 158 Å². The van der Waals surface area contributed by atoms with Crippen molar-refractivity contribution in [1.82, 2.24) is 14.1 Å². The number of halogens is 2. The van der Waals surface area contributed by atoms with Gasteiger partial charge in [-0.3, -0.25) is 13.9 Å². The lowest BCUT2D eigenvalue weighted by molar-refractivity contribution is 0.616. The van der Waals surface area contributed by atoms with Crippen molar-refractivity contribution < 1.29 is 8.78 Å². The van der Waals surface area contributed by atoms with E-state index >= 15 is 0 Å². The van der Waals surface area contributed by atoms with Gasteiger partial charge in [0.1, 0.15) is 11.6 Å². The minimum atomic E-state index is -0.515. The molecule has 0 bridgehead atoms. The van der Waals surface area contributed by atoms with Crippen molar-refractivity contribution in [2.75, 3.05) is 0 Å². The smallest absolute Gasteiger partial charge is 0.287 e. The molecule has 140 valence electrons. The maximum atomic E-state index is 13.2. The number of pyridine rings is 1. The lowest BCUT2D eigenvalue weighted by Gasteiger charge is -2.14. The molecule has 7 heteroatoms. The lowest BCUT2D eigenvalue weighted by Crippen LogP contribution is -2.40. The fourth-order valence-corrected chi connectivity index (χ4v) is 3.08. The Morgan fingerprint density at radius 1 is 0.750 bits per heavy atom. The van der Waals surface area contributed by atoms with Gasteiger partial charge in [-0.05, 0) is 47.5 Å². The number of fused-ring (bicyclic) bond motifs is 1. The van der Waals surface area contributed by atoms with Gasteiger partial charge in [-0.25, -0.2) is 18.6 Å². The van der Waals surface area contributed by atoms with E-state index in [1.54, 1.807) is 24.3 Å². The summed E-state index contributed by atoms with van der Waals surface area (Å²) in [5.74, 6) is -0.770. The van der Waals surface area contributed by atoms with Crippen LogP contribution >= 0.6 is 0 Å². The minimum absolute atomic E-state index is 0.00607. The first-order chi connectivity index (χ1) is 13.5. The number of nitrogens with zero attached hydrogens (tertiary/aromatic N) is 3. The van der Waals surface area contributed by atoms with Gasteiger partial charge in [-0.15, -0.1) is 0 Å². The molecule has 2 aromatic heterocycles. The van der Waals surface area contributed by atoms with Crippen LogP contribution in [0.25, 0.3) is 11.0 Å². The molecule has 0 saturated carbocycles. The Bertz CT molecular complexity index is 1260. The molecule has 0 radical (unpaired) electrons. The van der Waals surface area contributed by atoms with Crippen molar-refractivity contribution in [3.8, 4) is 0 Å². The van der Waals surface area contributed by atoms with Crippen LogP contribution in [0.1, 0.15) is 11.1 Å². The van der Waals surface area contributed by atoms with Gasteiger partial charge in [0, 0.05) is 6.20 Å². The molecular weight excluding hydrogens is 364 g/mol. The number of benzene rings is 2. The van der Waals surface area contributed by atoms with Crippen LogP contribution in [0.15, 0.2) is 76.4 Å². The van der Waals surface area contributed by atoms with E-state index in [0.717, 1.165) is 4.57 Å². The molecule has 0 N–H and O–H groups in total. The summed E-state index contributed by atoms with van der Waals surface area (Å²) in [7, 11) is 0. The molecule has 0 spiro atoms. The fourth-order valence-electron chi connectivity index (χ4n) is 3.08. The predicted molar refractivity (Wildman–Crippen MR) is 101 cm³/mol. The van der Waals surface area contributed by atoms with Crippen LogP contribution in [-0.2, 0) is 13.1 Å². The highest BCUT2D eigenvalue weighted by molar-refractivity contribution is 5.73. The summed E-state index contributed by atoms with van der Waals surface area (Å²) in [5.41, 5.74) is 0.854. The summed E-state index contributed by atoms with van der Waals surface area (Å²) in [6.07, 6.45) is 1.48. The third-order valence-electron chi connectivity index (χ3n) is 4.49. The van der Waals surface area contributed by atoms with Crippen LogP contribution in [0, 0.1) is 11.6 Å². The normalized spacial score (nSPS) is 11.1. The van der Waals surface area contributed by atoms with Crippen LogP contribution in [-0.4, -0.2) is 14.1 Å². The summed E-state index contributed by atoms with van der Waals surface area (Å²) in [4.78, 5) is 30.1. The SMILES string of the molecule is O=c1c2ncccc2n(Cc2ccc(F)cc2)c(=O)n1Cc1ccc(F)cc1. The minimum Gasteiger partial charge on any atom is -0.287 e. The van der Waals surface area contributed by atoms with Crippen LogP contribution in [0.5, 0.6) is 0 Å². The zero-order valence-electron chi connectivity index (χ0n) is 14.7. The largest absolute Gasteiger partial charge is 0.332 e. The van der Waals surface area contributed by atoms with E-state index in [-0.39, 0.29) is 24.4 Å². The Hall–Kier alpha value is -3.61. The summed E-state index contributed by atoms with van der Waals surface area (Å²) in [5, 5.41) is 0. The van der Waals surface area contributed by atoms with E-state index in [2.05, 4.69) is 4.98 Å². The molecular formula is C21H15F2N3O2. The highest BCUT2D eigenvalue weighted by Gasteiger charge is 2.14. The van der Waals surface area contributed by atoms with Crippen LogP contribution in [0.4, 0.5) is 8.78 Å². The lowest BCUT2D eigenvalue weighted by atomic mass is 10.2. The Balaban J connectivity index is 1.88. The second kappa shape index (κ2) is 7.19. The zero-order valence-corrected chi connectivity index (χ0v) is 14.7. The molecule has 0 amide bonds. The number of hydrogen-bond acceptors (Lipinski definition) is 3. The quantitative estimate of drug-likeness (QED) is 0.548. The molecule has 0 unspecified atom stereocenters. The van der Waals surface area contributed by atoms with Gasteiger partial charge < -0.3 is 0 Å². The van der Waals surface area contributed by atoms with Gasteiger partial charge in [-0.1, -0.05) is 24.3 Å². The molecule has 5 nitrogen and oxygen atoms in total. The molecule has 0 aliphatic rings. The van der Waals surface area contributed by atoms with Gasteiger partial charge in [0.15, 0.2) is 5.52 Å². The van der Waals surface area contributed by atoms with Gasteiger partial charge >= 0.3 is 5.69 Å². The molecule has 4 aromatic rings. The van der Waals surface area contributed by atoms with E-state index < -0.39 is 17.1 Å². The van der Waals surface area contributed by atoms with Crippen molar-refractivity contribution in [3.05, 3.63) is 110 Å². The average molecular weight is 379 g/mol. The first-order valence-corrected chi connectivity index (χ1v) is 8.60. The van der Waals surface area contributed by atoms with E-state index in [4.69, 9.17) is 0 Å². The molecule has 0 aliphatic heterocycles. The molecule has 2 heterocycles. The second-order valence-corrected chi connectivity index (χ2v) is 6.38. The van der Waals surface area contributed by atoms with Gasteiger partial charge in [0.05, 0.1) is 18.6 Å². The first kappa shape index (κ1) is 17.8. The van der Waals surface area contributed by atoms with Crippen molar-refractivity contribution >= 4 is 11.0 Å². The third kappa shape index (κ3) is 3.34. The molecule has 28 heavy (non-hydrogen) atoms. The molecule has 2 aromatic carbocycles. The first-order valence-electron chi connectivity index (χ1n) is 8.60. The fraction of sp³-hybridized carbons (Fsp3) is 0.0952. The van der Waals surface area contributed by atoms with Crippen molar-refractivity contribution in [3.63, 3.8) is 0 Å².